The molecule has 1 rings (SSSR count). The lowest BCUT2D eigenvalue weighted by Gasteiger charge is -2.33. The number of carbonyl (C=O) groups excluding carboxylic acids is 1. The highest BCUT2D eigenvalue weighted by Crippen LogP contribution is 2.14. The number of carbonyl (C=O) groups is 1. The average molecular weight is 171 g/mol. The van der Waals surface area contributed by atoms with Crippen molar-refractivity contribution < 1.29 is 4.79 Å². The van der Waals surface area contributed by atoms with Crippen LogP contribution in [0.4, 0.5) is 0 Å². The second kappa shape index (κ2) is 4.42. The predicted molar refractivity (Wildman–Crippen MR) is 47.5 cm³/mol. The number of rotatable bonds is 3. The van der Waals surface area contributed by atoms with Gasteiger partial charge >= 0.3 is 0 Å². The van der Waals surface area contributed by atoms with Gasteiger partial charge in [0.15, 0.2) is 0 Å². The third-order valence-corrected chi connectivity index (χ3v) is 2.38. The molecule has 0 saturated carbocycles. The Balaban J connectivity index is 2.41. The number of amides is 1. The second-order valence-electron chi connectivity index (χ2n) is 3.32. The van der Waals surface area contributed by atoms with Crippen LogP contribution in [0.1, 0.15) is 19.3 Å². The molecule has 0 aromatic carbocycles. The van der Waals surface area contributed by atoms with Crippen molar-refractivity contribution in [2.45, 2.75) is 25.3 Å². The molecule has 1 heterocycles. The molecule has 1 unspecified atom stereocenters. The standard InChI is InChI=1S/C8H17N3O/c9-5-7-3-1-2-4-11(7)6-8(10)12/h7H,1-6,9H2,(H2,10,12). The fourth-order valence-electron chi connectivity index (χ4n) is 1.74. The van der Waals surface area contributed by atoms with Crippen molar-refractivity contribution in [1.82, 2.24) is 4.90 Å². The molecule has 0 radical (unpaired) electrons. The maximum absolute atomic E-state index is 10.7. The van der Waals surface area contributed by atoms with Gasteiger partial charge in [-0.2, -0.15) is 0 Å². The van der Waals surface area contributed by atoms with Crippen LogP contribution in [0, 0.1) is 0 Å². The largest absolute Gasteiger partial charge is 0.369 e. The van der Waals surface area contributed by atoms with Crippen molar-refractivity contribution in [3.05, 3.63) is 0 Å². The van der Waals surface area contributed by atoms with Crippen LogP contribution in [0.2, 0.25) is 0 Å². The van der Waals surface area contributed by atoms with Crippen molar-refractivity contribution in [3.63, 3.8) is 0 Å². The predicted octanol–water partition coefficient (Wildman–Crippen LogP) is -0.715. The number of hydrogen-bond acceptors (Lipinski definition) is 3. The van der Waals surface area contributed by atoms with Crippen molar-refractivity contribution in [1.29, 1.82) is 0 Å². The fraction of sp³-hybridized carbons (Fsp3) is 0.875. The summed E-state index contributed by atoms with van der Waals surface area (Å²) in [5.74, 6) is -0.254. The minimum atomic E-state index is -0.254. The third-order valence-electron chi connectivity index (χ3n) is 2.38. The lowest BCUT2D eigenvalue weighted by atomic mass is 10.0. The van der Waals surface area contributed by atoms with Gasteiger partial charge in [0.05, 0.1) is 6.54 Å². The van der Waals surface area contributed by atoms with E-state index in [-0.39, 0.29) is 5.91 Å². The Morgan fingerprint density at radius 2 is 2.25 bits per heavy atom. The Hall–Kier alpha value is -0.610. The topological polar surface area (TPSA) is 72.3 Å². The van der Waals surface area contributed by atoms with Crippen LogP contribution in [0.5, 0.6) is 0 Å². The molecule has 0 aromatic heterocycles. The van der Waals surface area contributed by atoms with E-state index in [0.29, 0.717) is 19.1 Å². The SMILES string of the molecule is NCC1CCCCN1CC(N)=O. The number of hydrogen-bond donors (Lipinski definition) is 2. The normalized spacial score (nSPS) is 25.6. The molecule has 12 heavy (non-hydrogen) atoms. The average Bonchev–Trinajstić information content (AvgIpc) is 2.04. The first-order valence-electron chi connectivity index (χ1n) is 4.46. The molecule has 70 valence electrons. The molecule has 0 spiro atoms. The maximum atomic E-state index is 10.7. The molecule has 4 N–H and O–H groups in total. The first-order valence-corrected chi connectivity index (χ1v) is 4.46. The Morgan fingerprint density at radius 1 is 1.50 bits per heavy atom. The summed E-state index contributed by atoms with van der Waals surface area (Å²) in [7, 11) is 0. The summed E-state index contributed by atoms with van der Waals surface area (Å²) in [5, 5.41) is 0. The van der Waals surface area contributed by atoms with Crippen LogP contribution in [0.25, 0.3) is 0 Å². The Bertz CT molecular complexity index is 160. The Morgan fingerprint density at radius 3 is 2.83 bits per heavy atom. The van der Waals surface area contributed by atoms with Crippen LogP contribution in [-0.2, 0) is 4.79 Å². The quantitative estimate of drug-likeness (QED) is 0.589. The Kier molecular flexibility index (Phi) is 3.49. The molecule has 1 aliphatic rings. The van der Waals surface area contributed by atoms with E-state index in [1.54, 1.807) is 0 Å². The lowest BCUT2D eigenvalue weighted by molar-refractivity contribution is -0.120. The Labute approximate surface area is 72.9 Å². The van der Waals surface area contributed by atoms with Gasteiger partial charge in [-0.3, -0.25) is 9.69 Å². The van der Waals surface area contributed by atoms with Gasteiger partial charge in [0, 0.05) is 12.6 Å². The molecule has 0 aliphatic carbocycles. The fourth-order valence-corrected chi connectivity index (χ4v) is 1.74. The monoisotopic (exact) mass is 171 g/mol. The van der Waals surface area contributed by atoms with E-state index in [1.165, 1.54) is 6.42 Å². The molecule has 0 aromatic rings. The first-order chi connectivity index (χ1) is 5.74. The molecule has 4 nitrogen and oxygen atoms in total. The van der Waals surface area contributed by atoms with Crippen LogP contribution in [-0.4, -0.2) is 36.5 Å². The zero-order chi connectivity index (χ0) is 8.97. The van der Waals surface area contributed by atoms with E-state index in [2.05, 4.69) is 4.90 Å². The second-order valence-corrected chi connectivity index (χ2v) is 3.32. The van der Waals surface area contributed by atoms with E-state index in [4.69, 9.17) is 11.5 Å². The zero-order valence-corrected chi connectivity index (χ0v) is 7.33. The van der Waals surface area contributed by atoms with E-state index in [0.717, 1.165) is 19.4 Å². The van der Waals surface area contributed by atoms with Crippen LogP contribution < -0.4 is 11.5 Å². The van der Waals surface area contributed by atoms with Gasteiger partial charge in [0.25, 0.3) is 0 Å². The van der Waals surface area contributed by atoms with Gasteiger partial charge in [0.1, 0.15) is 0 Å². The molecular weight excluding hydrogens is 154 g/mol. The number of piperidine rings is 1. The van der Waals surface area contributed by atoms with Crippen molar-refractivity contribution in [2.75, 3.05) is 19.6 Å². The van der Waals surface area contributed by atoms with Gasteiger partial charge in [0.2, 0.25) is 5.91 Å². The van der Waals surface area contributed by atoms with Gasteiger partial charge < -0.3 is 11.5 Å². The van der Waals surface area contributed by atoms with Crippen LogP contribution in [0.3, 0.4) is 0 Å². The summed E-state index contributed by atoms with van der Waals surface area (Å²) >= 11 is 0. The van der Waals surface area contributed by atoms with E-state index in [9.17, 15) is 4.79 Å². The van der Waals surface area contributed by atoms with Crippen molar-refractivity contribution in [3.8, 4) is 0 Å². The molecule has 0 bridgehead atoms. The van der Waals surface area contributed by atoms with Gasteiger partial charge in [-0.25, -0.2) is 0 Å². The highest BCUT2D eigenvalue weighted by atomic mass is 16.1. The minimum Gasteiger partial charge on any atom is -0.369 e. The van der Waals surface area contributed by atoms with Crippen LogP contribution >= 0.6 is 0 Å². The van der Waals surface area contributed by atoms with Gasteiger partial charge in [-0.15, -0.1) is 0 Å². The van der Waals surface area contributed by atoms with Gasteiger partial charge in [-0.1, -0.05) is 6.42 Å². The zero-order valence-electron chi connectivity index (χ0n) is 7.33. The number of nitrogens with zero attached hydrogens (tertiary/aromatic N) is 1. The molecule has 1 fully saturated rings. The number of primary amides is 1. The highest BCUT2D eigenvalue weighted by Gasteiger charge is 2.21. The van der Waals surface area contributed by atoms with Crippen molar-refractivity contribution in [2.24, 2.45) is 11.5 Å². The minimum absolute atomic E-state index is 0.254. The lowest BCUT2D eigenvalue weighted by Crippen LogP contribution is -2.47. The molecule has 1 aliphatic heterocycles. The molecular formula is C8H17N3O. The first kappa shape index (κ1) is 9.48. The summed E-state index contributed by atoms with van der Waals surface area (Å²) in [5.41, 5.74) is 10.7. The summed E-state index contributed by atoms with van der Waals surface area (Å²) in [6, 6.07) is 0.367. The van der Waals surface area contributed by atoms with Crippen molar-refractivity contribution >= 4 is 5.91 Å². The third kappa shape index (κ3) is 2.46. The molecule has 1 amide bonds. The molecule has 1 atom stereocenters. The molecule has 4 heteroatoms. The van der Waals surface area contributed by atoms with Crippen LogP contribution in [0.15, 0.2) is 0 Å². The number of nitrogens with two attached hydrogens (primary N) is 2. The summed E-state index contributed by atoms with van der Waals surface area (Å²) in [6.45, 7) is 1.96. The number of likely N-dealkylation sites (tertiary alicyclic amines) is 1. The van der Waals surface area contributed by atoms with E-state index >= 15 is 0 Å². The highest BCUT2D eigenvalue weighted by molar-refractivity contribution is 5.75. The molecule has 1 saturated heterocycles. The summed E-state index contributed by atoms with van der Waals surface area (Å²) in [6.07, 6.45) is 3.48. The maximum Gasteiger partial charge on any atom is 0.231 e. The smallest absolute Gasteiger partial charge is 0.231 e. The van der Waals surface area contributed by atoms with E-state index < -0.39 is 0 Å². The summed E-state index contributed by atoms with van der Waals surface area (Å²) in [4.78, 5) is 12.8. The summed E-state index contributed by atoms with van der Waals surface area (Å²) < 4.78 is 0. The van der Waals surface area contributed by atoms with Gasteiger partial charge in [-0.05, 0) is 19.4 Å². The van der Waals surface area contributed by atoms with E-state index in [1.807, 2.05) is 0 Å².